The summed E-state index contributed by atoms with van der Waals surface area (Å²) in [6, 6.07) is 24.9. The SMILES string of the molecule is CCN(CC)CCC(=O)Nc1cnc(N)c2c(-c3ccc(NC(=O)c4cc5ccccc5n4C)c(OC)c3)csc12.Cn1c(C(=O)Cl)cc2ccccc21. The molecule has 13 heteroatoms. The second-order valence-corrected chi connectivity index (χ2v) is 13.9. The molecule has 0 aliphatic carbocycles. The summed E-state index contributed by atoms with van der Waals surface area (Å²) in [4.78, 5) is 43.5. The number of para-hydroxylation sites is 2. The highest BCUT2D eigenvalue weighted by molar-refractivity contribution is 7.18. The number of nitrogens with zero attached hydrogens (tertiary/aromatic N) is 4. The summed E-state index contributed by atoms with van der Waals surface area (Å²) in [5, 5.41) is 10.4. The van der Waals surface area contributed by atoms with Crippen molar-refractivity contribution < 1.29 is 19.1 Å². The van der Waals surface area contributed by atoms with E-state index in [1.54, 1.807) is 23.9 Å². The molecule has 0 spiro atoms. The lowest BCUT2D eigenvalue weighted by molar-refractivity contribution is -0.116. The summed E-state index contributed by atoms with van der Waals surface area (Å²) in [6.45, 7) is 6.68. The van der Waals surface area contributed by atoms with E-state index in [4.69, 9.17) is 22.1 Å². The summed E-state index contributed by atoms with van der Waals surface area (Å²) >= 11 is 6.92. The lowest BCUT2D eigenvalue weighted by Crippen LogP contribution is -2.27. The van der Waals surface area contributed by atoms with E-state index < -0.39 is 5.24 Å². The van der Waals surface area contributed by atoms with Gasteiger partial charge >= 0.3 is 0 Å². The lowest BCUT2D eigenvalue weighted by atomic mass is 10.0. The second kappa shape index (κ2) is 16.5. The number of hydrogen-bond acceptors (Lipinski definition) is 8. The zero-order chi connectivity index (χ0) is 38.5. The molecular weight excluding hydrogens is 722 g/mol. The first-order valence-electron chi connectivity index (χ1n) is 17.5. The Morgan fingerprint density at radius 3 is 2.11 bits per heavy atom. The number of halogens is 1. The largest absolute Gasteiger partial charge is 0.495 e. The highest BCUT2D eigenvalue weighted by Gasteiger charge is 2.19. The molecule has 4 N–H and O–H groups in total. The third kappa shape index (κ3) is 7.81. The van der Waals surface area contributed by atoms with Gasteiger partial charge in [-0.3, -0.25) is 14.4 Å². The Morgan fingerprint density at radius 1 is 0.870 bits per heavy atom. The van der Waals surface area contributed by atoms with Crippen LogP contribution in [0, 0.1) is 0 Å². The van der Waals surface area contributed by atoms with Gasteiger partial charge in [-0.05, 0) is 66.7 Å². The molecular formula is C41H42ClN7O4S. The fourth-order valence-corrected chi connectivity index (χ4v) is 7.75. The summed E-state index contributed by atoms with van der Waals surface area (Å²) in [6.07, 6.45) is 2.01. The Labute approximate surface area is 322 Å². The van der Waals surface area contributed by atoms with E-state index in [2.05, 4.69) is 34.4 Å². The molecule has 3 aromatic carbocycles. The number of methoxy groups -OCH3 is 1. The predicted molar refractivity (Wildman–Crippen MR) is 221 cm³/mol. The third-order valence-corrected chi connectivity index (χ3v) is 10.8. The molecule has 0 unspecified atom stereocenters. The Kier molecular flexibility index (Phi) is 11.7. The quantitative estimate of drug-likeness (QED) is 0.112. The molecule has 4 aromatic heterocycles. The van der Waals surface area contributed by atoms with Crippen LogP contribution in [0.15, 0.2) is 90.4 Å². The topological polar surface area (TPSA) is 137 Å². The molecule has 0 fully saturated rings. The first kappa shape index (κ1) is 38.0. The number of amides is 2. The third-order valence-electron chi connectivity index (χ3n) is 9.55. The highest BCUT2D eigenvalue weighted by Crippen LogP contribution is 2.42. The fourth-order valence-electron chi connectivity index (χ4n) is 6.51. The van der Waals surface area contributed by atoms with Crippen molar-refractivity contribution in [2.75, 3.05) is 43.1 Å². The van der Waals surface area contributed by atoms with E-state index in [-0.39, 0.29) is 11.8 Å². The van der Waals surface area contributed by atoms with E-state index in [0.29, 0.717) is 47.3 Å². The maximum Gasteiger partial charge on any atom is 0.272 e. The van der Waals surface area contributed by atoms with Gasteiger partial charge in [0.1, 0.15) is 23.0 Å². The van der Waals surface area contributed by atoms with E-state index >= 15 is 0 Å². The van der Waals surface area contributed by atoms with E-state index in [1.807, 2.05) is 96.8 Å². The molecule has 11 nitrogen and oxygen atoms in total. The Balaban J connectivity index is 0.000000321. The summed E-state index contributed by atoms with van der Waals surface area (Å²) < 4.78 is 10.2. The smallest absolute Gasteiger partial charge is 0.272 e. The number of rotatable bonds is 11. The highest BCUT2D eigenvalue weighted by atomic mass is 35.5. The van der Waals surface area contributed by atoms with Crippen LogP contribution in [0.25, 0.3) is 43.0 Å². The van der Waals surface area contributed by atoms with Gasteiger partial charge in [-0.15, -0.1) is 11.3 Å². The molecule has 7 rings (SSSR count). The maximum absolute atomic E-state index is 13.2. The monoisotopic (exact) mass is 763 g/mol. The fraction of sp³-hybridized carbons (Fsp3) is 0.220. The second-order valence-electron chi connectivity index (χ2n) is 12.7. The van der Waals surface area contributed by atoms with Crippen molar-refractivity contribution in [3.05, 3.63) is 102 Å². The summed E-state index contributed by atoms with van der Waals surface area (Å²) in [5.41, 5.74) is 12.3. The van der Waals surface area contributed by atoms with Crippen LogP contribution in [-0.2, 0) is 18.9 Å². The molecule has 2 amide bonds. The van der Waals surface area contributed by atoms with Gasteiger partial charge in [-0.2, -0.15) is 0 Å². The number of nitrogen functional groups attached to an aromatic ring is 1. The van der Waals surface area contributed by atoms with Gasteiger partial charge in [0.25, 0.3) is 11.1 Å². The van der Waals surface area contributed by atoms with Crippen molar-refractivity contribution >= 4 is 89.1 Å². The van der Waals surface area contributed by atoms with Crippen LogP contribution in [0.1, 0.15) is 41.2 Å². The van der Waals surface area contributed by atoms with Crippen LogP contribution in [0.4, 0.5) is 17.2 Å². The zero-order valence-corrected chi connectivity index (χ0v) is 32.3. The lowest BCUT2D eigenvalue weighted by Gasteiger charge is -2.17. The number of aryl methyl sites for hydroxylation is 2. The molecule has 0 aliphatic heterocycles. The number of fused-ring (bicyclic) bond motifs is 3. The van der Waals surface area contributed by atoms with Crippen LogP contribution in [0.3, 0.4) is 0 Å². The zero-order valence-electron chi connectivity index (χ0n) is 30.8. The molecule has 54 heavy (non-hydrogen) atoms. The normalized spacial score (nSPS) is 11.2. The van der Waals surface area contributed by atoms with Gasteiger partial charge in [0.15, 0.2) is 0 Å². The number of carbonyl (C=O) groups excluding carboxylic acids is 3. The van der Waals surface area contributed by atoms with Gasteiger partial charge in [0, 0.05) is 65.2 Å². The van der Waals surface area contributed by atoms with Crippen molar-refractivity contribution in [1.82, 2.24) is 19.0 Å². The average molecular weight is 764 g/mol. The van der Waals surface area contributed by atoms with Crippen LogP contribution in [-0.4, -0.2) is 62.8 Å². The molecule has 0 atom stereocenters. The number of aromatic nitrogens is 3. The number of thiophene rings is 1. The number of carbonyl (C=O) groups is 3. The van der Waals surface area contributed by atoms with Crippen LogP contribution in [0.2, 0.25) is 0 Å². The minimum absolute atomic E-state index is 0.0624. The standard InChI is InChI=1S/C31H34N6O3S.C10H8ClNO/c1-5-37(6-2)14-13-27(38)34-23-17-33-30(32)28-21(18-41-29(23)28)19-11-12-22(26(16-19)40-4)35-31(39)25-15-20-9-7-8-10-24(20)36(25)3;1-12-8-5-3-2-4-7(8)6-9(12)10(11)13/h7-12,15-18H,5-6,13-14H2,1-4H3,(H2,32,33)(H,34,38)(H,35,39);2-6H,1H3. The number of nitrogens with two attached hydrogens (primary N) is 1. The Bertz CT molecular complexity index is 2500. The van der Waals surface area contributed by atoms with Gasteiger partial charge in [-0.25, -0.2) is 4.98 Å². The van der Waals surface area contributed by atoms with Gasteiger partial charge in [0.2, 0.25) is 5.91 Å². The average Bonchev–Trinajstić information content (AvgIpc) is 3.88. The number of nitrogens with one attached hydrogen (secondary N) is 2. The Morgan fingerprint density at radius 2 is 1.50 bits per heavy atom. The van der Waals surface area contributed by atoms with Gasteiger partial charge < -0.3 is 35.1 Å². The predicted octanol–water partition coefficient (Wildman–Crippen LogP) is 8.53. The molecule has 7 aromatic rings. The minimum Gasteiger partial charge on any atom is -0.495 e. The number of benzene rings is 3. The molecule has 0 saturated heterocycles. The van der Waals surface area contributed by atoms with Crippen molar-refractivity contribution in [3.63, 3.8) is 0 Å². The number of ether oxygens (including phenoxy) is 1. The number of anilines is 3. The molecule has 0 aliphatic rings. The molecule has 278 valence electrons. The first-order chi connectivity index (χ1) is 26.0. The summed E-state index contributed by atoms with van der Waals surface area (Å²) in [5.74, 6) is 0.601. The van der Waals surface area contributed by atoms with Crippen molar-refractivity contribution in [2.45, 2.75) is 20.3 Å². The van der Waals surface area contributed by atoms with E-state index in [1.165, 1.54) is 11.3 Å². The van der Waals surface area contributed by atoms with Crippen LogP contribution >= 0.6 is 22.9 Å². The van der Waals surface area contributed by atoms with Crippen LogP contribution in [0.5, 0.6) is 5.75 Å². The maximum atomic E-state index is 13.2. The molecule has 0 radical (unpaired) electrons. The molecule has 0 bridgehead atoms. The first-order valence-corrected chi connectivity index (χ1v) is 18.8. The number of hydrogen-bond donors (Lipinski definition) is 3. The minimum atomic E-state index is -0.418. The molecule has 4 heterocycles. The van der Waals surface area contributed by atoms with Crippen molar-refractivity contribution in [3.8, 4) is 16.9 Å². The van der Waals surface area contributed by atoms with E-state index in [9.17, 15) is 14.4 Å². The van der Waals surface area contributed by atoms with Gasteiger partial charge in [-0.1, -0.05) is 56.3 Å². The van der Waals surface area contributed by atoms with Crippen LogP contribution < -0.4 is 21.1 Å². The summed E-state index contributed by atoms with van der Waals surface area (Å²) in [7, 11) is 5.27. The van der Waals surface area contributed by atoms with E-state index in [0.717, 1.165) is 56.1 Å². The van der Waals surface area contributed by atoms with Crippen molar-refractivity contribution in [1.29, 1.82) is 0 Å². The van der Waals surface area contributed by atoms with Gasteiger partial charge in [0.05, 0.1) is 29.4 Å². The molecule has 0 saturated carbocycles. The number of pyridine rings is 1. The van der Waals surface area contributed by atoms with Crippen molar-refractivity contribution in [2.24, 2.45) is 14.1 Å². The Hall–Kier alpha value is -5.69.